The summed E-state index contributed by atoms with van der Waals surface area (Å²) in [5.74, 6) is 1.34. The lowest BCUT2D eigenvalue weighted by atomic mass is 10.0. The Balaban J connectivity index is 1.73. The number of anilines is 1. The van der Waals surface area contributed by atoms with E-state index in [4.69, 9.17) is 4.74 Å². The second-order valence-electron chi connectivity index (χ2n) is 5.53. The van der Waals surface area contributed by atoms with Gasteiger partial charge in [-0.25, -0.2) is 4.79 Å². The molecular formula is C14H17NO3S. The molecule has 5 heteroatoms. The maximum absolute atomic E-state index is 12.2. The van der Waals surface area contributed by atoms with E-state index >= 15 is 0 Å². The van der Waals surface area contributed by atoms with Crippen LogP contribution < -0.4 is 5.32 Å². The first-order chi connectivity index (χ1) is 9.10. The number of amides is 1. The topological polar surface area (TPSA) is 55.4 Å². The Kier molecular flexibility index (Phi) is 3.09. The average molecular weight is 279 g/mol. The van der Waals surface area contributed by atoms with Gasteiger partial charge in [0, 0.05) is 5.92 Å². The minimum absolute atomic E-state index is 0.0545. The molecule has 2 saturated carbocycles. The van der Waals surface area contributed by atoms with E-state index in [9.17, 15) is 9.59 Å². The SMILES string of the molecule is COC(=O)c1scc(C)c1NC(=O)C1CC2CC2C1. The summed E-state index contributed by atoms with van der Waals surface area (Å²) in [6.45, 7) is 1.89. The Hall–Kier alpha value is -1.36. The third kappa shape index (κ3) is 2.27. The number of hydrogen-bond donors (Lipinski definition) is 1. The van der Waals surface area contributed by atoms with Gasteiger partial charge in [-0.1, -0.05) is 0 Å². The molecule has 2 unspecified atom stereocenters. The number of ether oxygens (including phenoxy) is 1. The van der Waals surface area contributed by atoms with E-state index in [2.05, 4.69) is 5.32 Å². The second kappa shape index (κ2) is 4.63. The van der Waals surface area contributed by atoms with Gasteiger partial charge in [0.2, 0.25) is 5.91 Å². The molecule has 0 aromatic carbocycles. The van der Waals surface area contributed by atoms with E-state index < -0.39 is 0 Å². The Morgan fingerprint density at radius 1 is 1.32 bits per heavy atom. The van der Waals surface area contributed by atoms with Crippen molar-refractivity contribution in [3.8, 4) is 0 Å². The number of rotatable bonds is 3. The number of aryl methyl sites for hydroxylation is 1. The third-order valence-electron chi connectivity index (χ3n) is 4.21. The quantitative estimate of drug-likeness (QED) is 0.866. The zero-order valence-corrected chi connectivity index (χ0v) is 11.9. The Labute approximate surface area is 116 Å². The molecule has 102 valence electrons. The van der Waals surface area contributed by atoms with Crippen molar-refractivity contribution in [1.82, 2.24) is 0 Å². The van der Waals surface area contributed by atoms with Crippen LogP contribution in [0.1, 0.15) is 34.5 Å². The molecule has 0 radical (unpaired) electrons. The van der Waals surface area contributed by atoms with Crippen molar-refractivity contribution in [2.45, 2.75) is 26.2 Å². The highest BCUT2D eigenvalue weighted by molar-refractivity contribution is 7.12. The maximum Gasteiger partial charge on any atom is 0.350 e. The number of nitrogens with one attached hydrogen (secondary N) is 1. The lowest BCUT2D eigenvalue weighted by Gasteiger charge is -2.13. The van der Waals surface area contributed by atoms with Crippen molar-refractivity contribution in [2.24, 2.45) is 17.8 Å². The molecule has 19 heavy (non-hydrogen) atoms. The van der Waals surface area contributed by atoms with Gasteiger partial charge >= 0.3 is 5.97 Å². The Bertz CT molecular complexity index is 527. The number of methoxy groups -OCH3 is 1. The molecule has 0 aliphatic heterocycles. The zero-order chi connectivity index (χ0) is 13.6. The van der Waals surface area contributed by atoms with E-state index in [0.717, 1.165) is 30.2 Å². The van der Waals surface area contributed by atoms with Crippen LogP contribution in [0.4, 0.5) is 5.69 Å². The van der Waals surface area contributed by atoms with E-state index in [0.29, 0.717) is 10.6 Å². The summed E-state index contributed by atoms with van der Waals surface area (Å²) < 4.78 is 4.74. The zero-order valence-electron chi connectivity index (χ0n) is 11.1. The van der Waals surface area contributed by atoms with Crippen LogP contribution in [0.15, 0.2) is 5.38 Å². The maximum atomic E-state index is 12.2. The molecule has 1 heterocycles. The minimum atomic E-state index is -0.386. The van der Waals surface area contributed by atoms with Gasteiger partial charge in [0.25, 0.3) is 0 Å². The molecule has 2 fully saturated rings. The smallest absolute Gasteiger partial charge is 0.350 e. The van der Waals surface area contributed by atoms with Gasteiger partial charge in [-0.15, -0.1) is 11.3 Å². The summed E-state index contributed by atoms with van der Waals surface area (Å²) in [5.41, 5.74) is 1.55. The second-order valence-corrected chi connectivity index (χ2v) is 6.41. The minimum Gasteiger partial charge on any atom is -0.465 e. The van der Waals surface area contributed by atoms with E-state index in [1.807, 2.05) is 12.3 Å². The van der Waals surface area contributed by atoms with Crippen LogP contribution in [0, 0.1) is 24.7 Å². The van der Waals surface area contributed by atoms with E-state index in [1.54, 1.807) is 0 Å². The highest BCUT2D eigenvalue weighted by Crippen LogP contribution is 2.54. The van der Waals surface area contributed by atoms with Crippen molar-refractivity contribution < 1.29 is 14.3 Å². The number of thiophene rings is 1. The van der Waals surface area contributed by atoms with Crippen LogP contribution >= 0.6 is 11.3 Å². The van der Waals surface area contributed by atoms with Gasteiger partial charge in [0.1, 0.15) is 4.88 Å². The fourth-order valence-corrected chi connectivity index (χ4v) is 3.92. The van der Waals surface area contributed by atoms with Gasteiger partial charge < -0.3 is 10.1 Å². The number of carbonyl (C=O) groups is 2. The van der Waals surface area contributed by atoms with Crippen molar-refractivity contribution in [3.05, 3.63) is 15.8 Å². The van der Waals surface area contributed by atoms with E-state index in [1.165, 1.54) is 24.9 Å². The van der Waals surface area contributed by atoms with Gasteiger partial charge in [0.05, 0.1) is 12.8 Å². The molecule has 2 atom stereocenters. The predicted octanol–water partition coefficient (Wildman–Crippen LogP) is 2.83. The summed E-state index contributed by atoms with van der Waals surface area (Å²) in [5, 5.41) is 4.80. The van der Waals surface area contributed by atoms with Crippen LogP contribution in [0.3, 0.4) is 0 Å². The number of esters is 1. The molecule has 0 saturated heterocycles. The molecule has 1 aromatic rings. The summed E-state index contributed by atoms with van der Waals surface area (Å²) in [4.78, 5) is 24.4. The van der Waals surface area contributed by atoms with Crippen molar-refractivity contribution in [3.63, 3.8) is 0 Å². The number of hydrogen-bond acceptors (Lipinski definition) is 4. The lowest BCUT2D eigenvalue weighted by Crippen LogP contribution is -2.22. The molecule has 1 amide bonds. The normalized spacial score (nSPS) is 27.8. The first-order valence-corrected chi connectivity index (χ1v) is 7.45. The standard InChI is InChI=1S/C14H17NO3S/c1-7-6-19-12(14(17)18-2)11(7)15-13(16)10-4-8-3-9(8)5-10/h6,8-10H,3-5H2,1-2H3,(H,15,16). The van der Waals surface area contributed by atoms with Gasteiger partial charge in [-0.2, -0.15) is 0 Å². The molecule has 1 aromatic heterocycles. The van der Waals surface area contributed by atoms with Crippen molar-refractivity contribution >= 4 is 28.9 Å². The summed E-state index contributed by atoms with van der Waals surface area (Å²) in [6, 6.07) is 0. The fraction of sp³-hybridized carbons (Fsp3) is 0.571. The Morgan fingerprint density at radius 2 is 2.00 bits per heavy atom. The van der Waals surface area contributed by atoms with Crippen LogP contribution in [0.5, 0.6) is 0 Å². The van der Waals surface area contributed by atoms with E-state index in [-0.39, 0.29) is 17.8 Å². The number of fused-ring (bicyclic) bond motifs is 1. The summed E-state index contributed by atoms with van der Waals surface area (Å²) in [7, 11) is 1.35. The first kappa shape index (κ1) is 12.7. The molecule has 2 aliphatic carbocycles. The summed E-state index contributed by atoms with van der Waals surface area (Å²) >= 11 is 1.31. The number of carbonyl (C=O) groups excluding carboxylic acids is 2. The van der Waals surface area contributed by atoms with Crippen LogP contribution in [0.2, 0.25) is 0 Å². The molecule has 3 rings (SSSR count). The van der Waals surface area contributed by atoms with Gasteiger partial charge in [-0.3, -0.25) is 4.79 Å². The molecular weight excluding hydrogens is 262 g/mol. The molecule has 1 N–H and O–H groups in total. The van der Waals surface area contributed by atoms with Crippen LogP contribution in [0.25, 0.3) is 0 Å². The fourth-order valence-electron chi connectivity index (χ4n) is 3.00. The highest BCUT2D eigenvalue weighted by Gasteiger charge is 2.48. The third-order valence-corrected chi connectivity index (χ3v) is 5.29. The largest absolute Gasteiger partial charge is 0.465 e. The highest BCUT2D eigenvalue weighted by atomic mass is 32.1. The first-order valence-electron chi connectivity index (χ1n) is 6.57. The molecule has 2 aliphatic rings. The lowest BCUT2D eigenvalue weighted by molar-refractivity contribution is -0.120. The molecule has 4 nitrogen and oxygen atoms in total. The summed E-state index contributed by atoms with van der Waals surface area (Å²) in [6.07, 6.45) is 3.31. The molecule has 0 spiro atoms. The van der Waals surface area contributed by atoms with Crippen molar-refractivity contribution in [1.29, 1.82) is 0 Å². The van der Waals surface area contributed by atoms with Gasteiger partial charge in [0.15, 0.2) is 0 Å². The monoisotopic (exact) mass is 279 g/mol. The van der Waals surface area contributed by atoms with Gasteiger partial charge in [-0.05, 0) is 49.0 Å². The van der Waals surface area contributed by atoms with Crippen LogP contribution in [-0.2, 0) is 9.53 Å². The van der Waals surface area contributed by atoms with Crippen molar-refractivity contribution in [2.75, 3.05) is 12.4 Å². The molecule has 0 bridgehead atoms. The predicted molar refractivity (Wildman–Crippen MR) is 73.3 cm³/mol. The average Bonchev–Trinajstić information content (AvgIpc) is 2.84. The van der Waals surface area contributed by atoms with Crippen LogP contribution in [-0.4, -0.2) is 19.0 Å². The Morgan fingerprint density at radius 3 is 2.63 bits per heavy atom.